The molecular weight excluding hydrogens is 356 g/mol. The number of hydrogen-bond donors (Lipinski definition) is 2. The highest BCUT2D eigenvalue weighted by Gasteiger charge is 2.28. The number of carboxylic acids is 1. The molecule has 2 aromatic rings. The lowest BCUT2D eigenvalue weighted by Crippen LogP contribution is -2.39. The van der Waals surface area contributed by atoms with Gasteiger partial charge in [-0.25, -0.2) is 4.79 Å². The summed E-state index contributed by atoms with van der Waals surface area (Å²) >= 11 is 0. The number of β-amino-alcohol motifs (C(OH)–C–C–N with tert-alkyl or cyclic N) is 1. The molecule has 2 aromatic carbocycles. The number of carbonyl (C=O) groups excluding carboxylic acids is 1. The summed E-state index contributed by atoms with van der Waals surface area (Å²) in [5.74, 6) is -1.01. The zero-order chi connectivity index (χ0) is 20.1. The van der Waals surface area contributed by atoms with Crippen LogP contribution in [0.5, 0.6) is 0 Å². The quantitative estimate of drug-likeness (QED) is 0.767. The van der Waals surface area contributed by atoms with E-state index in [1.54, 1.807) is 24.1 Å². The number of carboxylic acid groups (broad SMARTS) is 1. The molecule has 0 radical (unpaired) electrons. The van der Waals surface area contributed by atoms with Gasteiger partial charge in [0.1, 0.15) is 0 Å². The number of rotatable bonds is 7. The highest BCUT2D eigenvalue weighted by Crippen LogP contribution is 2.24. The van der Waals surface area contributed by atoms with Crippen LogP contribution in [0.4, 0.5) is 0 Å². The van der Waals surface area contributed by atoms with Gasteiger partial charge in [-0.3, -0.25) is 9.69 Å². The minimum atomic E-state index is -0.980. The number of likely N-dealkylation sites (tertiary alicyclic amines) is 1. The Kier molecular flexibility index (Phi) is 6.44. The summed E-state index contributed by atoms with van der Waals surface area (Å²) in [5.41, 5.74) is 2.05. The maximum atomic E-state index is 12.9. The molecular formula is C22H26N2O4. The van der Waals surface area contributed by atoms with Gasteiger partial charge in [0.25, 0.3) is 0 Å². The summed E-state index contributed by atoms with van der Waals surface area (Å²) in [5, 5.41) is 18.8. The summed E-state index contributed by atoms with van der Waals surface area (Å²) in [6.45, 7) is 2.12. The van der Waals surface area contributed by atoms with E-state index in [0.29, 0.717) is 13.1 Å². The largest absolute Gasteiger partial charge is 0.478 e. The van der Waals surface area contributed by atoms with Gasteiger partial charge in [0.2, 0.25) is 5.91 Å². The van der Waals surface area contributed by atoms with Gasteiger partial charge < -0.3 is 15.1 Å². The van der Waals surface area contributed by atoms with Crippen LogP contribution < -0.4 is 0 Å². The first-order chi connectivity index (χ1) is 13.4. The molecule has 1 amide bonds. The lowest BCUT2D eigenvalue weighted by atomic mass is 10.0. The lowest BCUT2D eigenvalue weighted by Gasteiger charge is -2.32. The van der Waals surface area contributed by atoms with Crippen LogP contribution in [0, 0.1) is 0 Å². The van der Waals surface area contributed by atoms with Crippen molar-refractivity contribution in [2.24, 2.45) is 0 Å². The second-order valence-corrected chi connectivity index (χ2v) is 7.31. The maximum absolute atomic E-state index is 12.9. The van der Waals surface area contributed by atoms with Gasteiger partial charge in [-0.15, -0.1) is 0 Å². The zero-order valence-electron chi connectivity index (χ0n) is 16.0. The van der Waals surface area contributed by atoms with Crippen LogP contribution in [0.1, 0.15) is 33.9 Å². The standard InChI is InChI=1S/C22H26N2O4/c1-23(21(26)13-16-7-9-18(10-8-16)22(27)28)20(17-5-3-2-4-6-17)15-24-12-11-19(25)14-24/h2-10,19-20,25H,11-15H2,1H3,(H,27,28). The van der Waals surface area contributed by atoms with Crippen LogP contribution in [0.3, 0.4) is 0 Å². The van der Waals surface area contributed by atoms with Crippen LogP contribution >= 0.6 is 0 Å². The summed E-state index contributed by atoms with van der Waals surface area (Å²) in [6, 6.07) is 16.2. The fourth-order valence-corrected chi connectivity index (χ4v) is 3.59. The highest BCUT2D eigenvalue weighted by atomic mass is 16.4. The van der Waals surface area contributed by atoms with Crippen molar-refractivity contribution in [3.05, 3.63) is 71.3 Å². The Balaban J connectivity index is 1.73. The Morgan fingerprint density at radius 2 is 1.82 bits per heavy atom. The third-order valence-electron chi connectivity index (χ3n) is 5.28. The molecule has 1 heterocycles. The number of likely N-dealkylation sites (N-methyl/N-ethyl adjacent to an activating group) is 1. The first kappa shape index (κ1) is 20.0. The van der Waals surface area contributed by atoms with Crippen molar-refractivity contribution in [2.45, 2.75) is 25.0 Å². The smallest absolute Gasteiger partial charge is 0.335 e. The summed E-state index contributed by atoms with van der Waals surface area (Å²) in [6.07, 6.45) is 0.669. The van der Waals surface area contributed by atoms with Crippen LogP contribution in [0.25, 0.3) is 0 Å². The molecule has 0 aliphatic carbocycles. The molecule has 148 valence electrons. The van der Waals surface area contributed by atoms with E-state index < -0.39 is 5.97 Å². The van der Waals surface area contributed by atoms with Crippen LogP contribution in [0.15, 0.2) is 54.6 Å². The van der Waals surface area contributed by atoms with Gasteiger partial charge >= 0.3 is 5.97 Å². The number of amides is 1. The van der Waals surface area contributed by atoms with Gasteiger partial charge in [0.05, 0.1) is 24.1 Å². The van der Waals surface area contributed by atoms with E-state index in [4.69, 9.17) is 5.11 Å². The first-order valence-electron chi connectivity index (χ1n) is 9.47. The molecule has 28 heavy (non-hydrogen) atoms. The van der Waals surface area contributed by atoms with Gasteiger partial charge in [0, 0.05) is 26.7 Å². The Hall–Kier alpha value is -2.70. The van der Waals surface area contributed by atoms with E-state index in [1.807, 2.05) is 30.3 Å². The van der Waals surface area contributed by atoms with Gasteiger partial charge in [-0.1, -0.05) is 42.5 Å². The minimum absolute atomic E-state index is 0.0309. The second kappa shape index (κ2) is 8.99. The fraction of sp³-hybridized carbons (Fsp3) is 0.364. The fourth-order valence-electron chi connectivity index (χ4n) is 3.59. The number of aromatic carboxylic acids is 1. The maximum Gasteiger partial charge on any atom is 0.335 e. The van der Waals surface area contributed by atoms with Crippen LogP contribution in [-0.2, 0) is 11.2 Å². The predicted octanol–water partition coefficient (Wildman–Crippen LogP) is 2.19. The lowest BCUT2D eigenvalue weighted by molar-refractivity contribution is -0.131. The molecule has 1 fully saturated rings. The van der Waals surface area contributed by atoms with Crippen LogP contribution in [-0.4, -0.2) is 64.7 Å². The van der Waals surface area contributed by atoms with Crippen molar-refractivity contribution in [3.8, 4) is 0 Å². The molecule has 0 spiro atoms. The number of aliphatic hydroxyl groups is 1. The van der Waals surface area contributed by atoms with E-state index >= 15 is 0 Å². The Morgan fingerprint density at radius 3 is 2.39 bits per heavy atom. The van der Waals surface area contributed by atoms with Crippen molar-refractivity contribution < 1.29 is 19.8 Å². The molecule has 6 heteroatoms. The molecule has 2 N–H and O–H groups in total. The first-order valence-corrected chi connectivity index (χ1v) is 9.47. The van der Waals surface area contributed by atoms with E-state index in [9.17, 15) is 14.7 Å². The normalized spacial score (nSPS) is 18.0. The average Bonchev–Trinajstić information content (AvgIpc) is 3.11. The van der Waals surface area contributed by atoms with Crippen LogP contribution in [0.2, 0.25) is 0 Å². The SMILES string of the molecule is CN(C(=O)Cc1ccc(C(=O)O)cc1)C(CN1CCC(O)C1)c1ccccc1. The van der Waals surface area contributed by atoms with Gasteiger partial charge in [-0.05, 0) is 29.7 Å². The average molecular weight is 382 g/mol. The minimum Gasteiger partial charge on any atom is -0.478 e. The summed E-state index contributed by atoms with van der Waals surface area (Å²) in [7, 11) is 1.80. The third kappa shape index (κ3) is 4.97. The summed E-state index contributed by atoms with van der Waals surface area (Å²) < 4.78 is 0. The Bertz CT molecular complexity index is 807. The monoisotopic (exact) mass is 382 g/mol. The van der Waals surface area contributed by atoms with E-state index in [1.165, 1.54) is 12.1 Å². The Morgan fingerprint density at radius 1 is 1.14 bits per heavy atom. The van der Waals surface area contributed by atoms with E-state index in [0.717, 1.165) is 24.1 Å². The number of hydrogen-bond acceptors (Lipinski definition) is 4. The molecule has 0 aromatic heterocycles. The second-order valence-electron chi connectivity index (χ2n) is 7.31. The molecule has 3 rings (SSSR count). The molecule has 6 nitrogen and oxygen atoms in total. The molecule has 2 atom stereocenters. The van der Waals surface area contributed by atoms with Crippen molar-refractivity contribution >= 4 is 11.9 Å². The molecule has 1 aliphatic rings. The van der Waals surface area contributed by atoms with Gasteiger partial charge in [-0.2, -0.15) is 0 Å². The van der Waals surface area contributed by atoms with Crippen molar-refractivity contribution in [1.82, 2.24) is 9.80 Å². The molecule has 1 saturated heterocycles. The van der Waals surface area contributed by atoms with Crippen molar-refractivity contribution in [1.29, 1.82) is 0 Å². The van der Waals surface area contributed by atoms with E-state index in [2.05, 4.69) is 4.90 Å². The van der Waals surface area contributed by atoms with Crippen molar-refractivity contribution in [3.63, 3.8) is 0 Å². The molecule has 0 bridgehead atoms. The molecule has 1 aliphatic heterocycles. The number of aliphatic hydroxyl groups excluding tert-OH is 1. The summed E-state index contributed by atoms with van der Waals surface area (Å²) in [4.78, 5) is 27.8. The molecule has 2 unspecified atom stereocenters. The zero-order valence-corrected chi connectivity index (χ0v) is 16.0. The number of benzene rings is 2. The number of nitrogens with zero attached hydrogens (tertiary/aromatic N) is 2. The predicted molar refractivity (Wildman–Crippen MR) is 106 cm³/mol. The Labute approximate surface area is 165 Å². The topological polar surface area (TPSA) is 81.1 Å². The third-order valence-corrected chi connectivity index (χ3v) is 5.28. The van der Waals surface area contributed by atoms with Crippen molar-refractivity contribution in [2.75, 3.05) is 26.7 Å². The number of carbonyl (C=O) groups is 2. The van der Waals surface area contributed by atoms with Gasteiger partial charge in [0.15, 0.2) is 0 Å². The highest BCUT2D eigenvalue weighted by molar-refractivity contribution is 5.87. The molecule has 0 saturated carbocycles. The van der Waals surface area contributed by atoms with E-state index in [-0.39, 0.29) is 30.0 Å².